The van der Waals surface area contributed by atoms with Crippen LogP contribution in [-0.2, 0) is 6.18 Å². The number of halogens is 4. The second kappa shape index (κ2) is 7.10. The summed E-state index contributed by atoms with van der Waals surface area (Å²) in [6.45, 7) is 3.81. The fraction of sp³-hybridized carbons (Fsp3) is 0.235. The predicted octanol–water partition coefficient (Wildman–Crippen LogP) is 4.86. The highest BCUT2D eigenvalue weighted by molar-refractivity contribution is 7.14. The Labute approximate surface area is 155 Å². The lowest BCUT2D eigenvalue weighted by molar-refractivity contribution is -0.143. The van der Waals surface area contributed by atoms with Crippen molar-refractivity contribution < 1.29 is 22.4 Å². The van der Waals surface area contributed by atoms with E-state index in [1.54, 1.807) is 5.38 Å². The monoisotopic (exact) mass is 398 g/mol. The van der Waals surface area contributed by atoms with E-state index in [1.807, 2.05) is 13.8 Å². The van der Waals surface area contributed by atoms with E-state index in [0.717, 1.165) is 29.7 Å². The number of hydrogen-bond donors (Lipinski definition) is 1. The molecular weight excluding hydrogens is 384 g/mol. The Hall–Kier alpha value is -2.75. The maximum atomic E-state index is 13.9. The second-order valence-corrected chi connectivity index (χ2v) is 6.81. The molecule has 0 unspecified atom stereocenters. The fourth-order valence-corrected chi connectivity index (χ4v) is 3.23. The van der Waals surface area contributed by atoms with Crippen molar-refractivity contribution in [1.82, 2.24) is 14.8 Å². The molecule has 1 N–H and O–H groups in total. The van der Waals surface area contributed by atoms with Crippen molar-refractivity contribution in [3.05, 3.63) is 58.6 Å². The summed E-state index contributed by atoms with van der Waals surface area (Å²) in [5, 5.41) is 7.83. The molecule has 0 aliphatic carbocycles. The van der Waals surface area contributed by atoms with Crippen LogP contribution in [0.25, 0.3) is 5.69 Å². The standard InChI is InChI=1S/C17H14F4N4OS/c1-9(2)12-8-27-16(23-12)24-15(26)10-7-22-25(14(10)17(19,20)21)13-6-4-3-5-11(13)18/h3-9H,1-2H3,(H,23,24,26). The molecule has 0 aliphatic rings. The van der Waals surface area contributed by atoms with Gasteiger partial charge in [0.25, 0.3) is 5.91 Å². The van der Waals surface area contributed by atoms with Gasteiger partial charge in [-0.05, 0) is 18.1 Å². The van der Waals surface area contributed by atoms with E-state index < -0.39 is 34.8 Å². The smallest absolute Gasteiger partial charge is 0.298 e. The molecule has 3 aromatic rings. The number of amides is 1. The molecule has 27 heavy (non-hydrogen) atoms. The van der Waals surface area contributed by atoms with E-state index in [4.69, 9.17) is 0 Å². The number of benzene rings is 1. The fourth-order valence-electron chi connectivity index (χ4n) is 2.37. The van der Waals surface area contributed by atoms with E-state index in [1.165, 1.54) is 12.1 Å². The summed E-state index contributed by atoms with van der Waals surface area (Å²) in [5.74, 6) is -1.80. The third kappa shape index (κ3) is 3.85. The third-order valence-corrected chi connectivity index (χ3v) is 4.47. The normalized spacial score (nSPS) is 11.8. The van der Waals surface area contributed by atoms with Gasteiger partial charge in [0, 0.05) is 5.38 Å². The van der Waals surface area contributed by atoms with Gasteiger partial charge in [-0.15, -0.1) is 11.3 Å². The van der Waals surface area contributed by atoms with Crippen LogP contribution in [0.2, 0.25) is 0 Å². The van der Waals surface area contributed by atoms with Crippen molar-refractivity contribution >= 4 is 22.4 Å². The zero-order valence-electron chi connectivity index (χ0n) is 14.2. The van der Waals surface area contributed by atoms with Gasteiger partial charge in [-0.25, -0.2) is 14.1 Å². The van der Waals surface area contributed by atoms with Crippen LogP contribution in [0.3, 0.4) is 0 Å². The Morgan fingerprint density at radius 3 is 2.56 bits per heavy atom. The van der Waals surface area contributed by atoms with Gasteiger partial charge >= 0.3 is 6.18 Å². The first-order valence-electron chi connectivity index (χ1n) is 7.85. The quantitative estimate of drug-likeness (QED) is 0.639. The maximum absolute atomic E-state index is 13.9. The van der Waals surface area contributed by atoms with Crippen LogP contribution in [0.4, 0.5) is 22.7 Å². The zero-order valence-corrected chi connectivity index (χ0v) is 15.0. The average Bonchev–Trinajstić information content (AvgIpc) is 3.21. The van der Waals surface area contributed by atoms with Gasteiger partial charge in [0.15, 0.2) is 10.8 Å². The highest BCUT2D eigenvalue weighted by Crippen LogP contribution is 2.34. The first-order chi connectivity index (χ1) is 12.7. The molecule has 0 atom stereocenters. The molecule has 142 valence electrons. The molecule has 0 spiro atoms. The number of alkyl halides is 3. The highest BCUT2D eigenvalue weighted by atomic mass is 32.1. The molecular formula is C17H14F4N4OS. The van der Waals surface area contributed by atoms with E-state index in [0.29, 0.717) is 10.4 Å². The third-order valence-electron chi connectivity index (χ3n) is 3.70. The van der Waals surface area contributed by atoms with Crippen LogP contribution < -0.4 is 5.32 Å². The van der Waals surface area contributed by atoms with E-state index in [9.17, 15) is 22.4 Å². The Kier molecular flexibility index (Phi) is 5.01. The van der Waals surface area contributed by atoms with Gasteiger partial charge in [-0.2, -0.15) is 18.3 Å². The Morgan fingerprint density at radius 1 is 1.26 bits per heavy atom. The van der Waals surface area contributed by atoms with Gasteiger partial charge in [0.2, 0.25) is 0 Å². The van der Waals surface area contributed by atoms with Gasteiger partial charge in [-0.1, -0.05) is 26.0 Å². The first-order valence-corrected chi connectivity index (χ1v) is 8.73. The highest BCUT2D eigenvalue weighted by Gasteiger charge is 2.41. The largest absolute Gasteiger partial charge is 0.434 e. The topological polar surface area (TPSA) is 59.8 Å². The van der Waals surface area contributed by atoms with Crippen molar-refractivity contribution in [3.8, 4) is 5.69 Å². The molecule has 10 heteroatoms. The number of hydrogen-bond acceptors (Lipinski definition) is 4. The van der Waals surface area contributed by atoms with Crippen molar-refractivity contribution in [3.63, 3.8) is 0 Å². The minimum Gasteiger partial charge on any atom is -0.298 e. The number of rotatable bonds is 4. The number of carbonyl (C=O) groups excluding carboxylic acids is 1. The summed E-state index contributed by atoms with van der Waals surface area (Å²) in [6.07, 6.45) is -4.15. The SMILES string of the molecule is CC(C)c1csc(NC(=O)c2cnn(-c3ccccc3F)c2C(F)(F)F)n1. The summed E-state index contributed by atoms with van der Waals surface area (Å²) in [4.78, 5) is 16.6. The molecule has 3 rings (SSSR count). The molecule has 0 fully saturated rings. The molecule has 2 heterocycles. The second-order valence-electron chi connectivity index (χ2n) is 5.95. The van der Waals surface area contributed by atoms with Gasteiger partial charge < -0.3 is 0 Å². The molecule has 1 amide bonds. The maximum Gasteiger partial charge on any atom is 0.434 e. The molecule has 5 nitrogen and oxygen atoms in total. The van der Waals surface area contributed by atoms with Crippen LogP contribution >= 0.6 is 11.3 Å². The number of aromatic nitrogens is 3. The van der Waals surface area contributed by atoms with Crippen LogP contribution in [0.15, 0.2) is 35.8 Å². The van der Waals surface area contributed by atoms with Gasteiger partial charge in [-0.3, -0.25) is 10.1 Å². The summed E-state index contributed by atoms with van der Waals surface area (Å²) >= 11 is 1.11. The van der Waals surface area contributed by atoms with Crippen molar-refractivity contribution in [2.45, 2.75) is 25.9 Å². The minimum atomic E-state index is -4.92. The lowest BCUT2D eigenvalue weighted by Gasteiger charge is -2.13. The lowest BCUT2D eigenvalue weighted by atomic mass is 10.2. The minimum absolute atomic E-state index is 0.112. The van der Waals surface area contributed by atoms with Crippen LogP contribution in [0.5, 0.6) is 0 Å². The van der Waals surface area contributed by atoms with Gasteiger partial charge in [0.1, 0.15) is 11.5 Å². The summed E-state index contributed by atoms with van der Waals surface area (Å²) in [5.41, 5.74) is -1.76. The van der Waals surface area contributed by atoms with Crippen molar-refractivity contribution in [2.24, 2.45) is 0 Å². The number of anilines is 1. The van der Waals surface area contributed by atoms with Gasteiger partial charge in [0.05, 0.1) is 17.5 Å². The molecule has 0 radical (unpaired) electrons. The number of thiazole rings is 1. The predicted molar refractivity (Wildman–Crippen MR) is 92.7 cm³/mol. The summed E-state index contributed by atoms with van der Waals surface area (Å²) in [7, 11) is 0. The van der Waals surface area contributed by atoms with Crippen molar-refractivity contribution in [2.75, 3.05) is 5.32 Å². The van der Waals surface area contributed by atoms with Crippen LogP contribution in [-0.4, -0.2) is 20.7 Å². The average molecular weight is 398 g/mol. The van der Waals surface area contributed by atoms with E-state index in [2.05, 4.69) is 15.4 Å². The van der Waals surface area contributed by atoms with E-state index >= 15 is 0 Å². The Balaban J connectivity index is 2.00. The van der Waals surface area contributed by atoms with E-state index in [-0.39, 0.29) is 11.0 Å². The molecule has 0 saturated carbocycles. The Bertz CT molecular complexity index is 977. The molecule has 0 aliphatic heterocycles. The molecule has 0 saturated heterocycles. The molecule has 0 bridgehead atoms. The zero-order chi connectivity index (χ0) is 19.8. The number of nitrogens with one attached hydrogen (secondary N) is 1. The van der Waals surface area contributed by atoms with Crippen LogP contribution in [0, 0.1) is 5.82 Å². The summed E-state index contributed by atoms with van der Waals surface area (Å²) in [6, 6.07) is 4.88. The number of nitrogens with zero attached hydrogens (tertiary/aromatic N) is 3. The molecule has 2 aromatic heterocycles. The first kappa shape index (κ1) is 19.0. The van der Waals surface area contributed by atoms with Crippen LogP contribution in [0.1, 0.15) is 41.5 Å². The van der Waals surface area contributed by atoms with Crippen molar-refractivity contribution in [1.29, 1.82) is 0 Å². The summed E-state index contributed by atoms with van der Waals surface area (Å²) < 4.78 is 55.1. The molecule has 1 aromatic carbocycles. The number of carbonyl (C=O) groups is 1. The Morgan fingerprint density at radius 2 is 1.96 bits per heavy atom. The number of para-hydroxylation sites is 1. The lowest BCUT2D eigenvalue weighted by Crippen LogP contribution is -2.21.